The summed E-state index contributed by atoms with van der Waals surface area (Å²) >= 11 is 9.22. The molecule has 0 saturated heterocycles. The first-order valence-corrected chi connectivity index (χ1v) is 7.25. The molecule has 0 radical (unpaired) electrons. The fraction of sp³-hybridized carbons (Fsp3) is 0.133. The van der Waals surface area contributed by atoms with Crippen molar-refractivity contribution in [1.29, 1.82) is 0 Å². The van der Waals surface area contributed by atoms with E-state index in [1.165, 1.54) is 12.1 Å². The van der Waals surface area contributed by atoms with Crippen LogP contribution in [0, 0.1) is 12.7 Å². The number of rotatable bonds is 4. The zero-order valence-electron chi connectivity index (χ0n) is 11.0. The Kier molecular flexibility index (Phi) is 4.85. The van der Waals surface area contributed by atoms with Gasteiger partial charge in [-0.1, -0.05) is 27.5 Å². The Hall–Kier alpha value is -1.59. The minimum absolute atomic E-state index is 0.395. The highest BCUT2D eigenvalue weighted by molar-refractivity contribution is 9.10. The molecule has 3 nitrogen and oxygen atoms in total. The van der Waals surface area contributed by atoms with E-state index < -0.39 is 17.8 Å². The van der Waals surface area contributed by atoms with Gasteiger partial charge < -0.3 is 10.4 Å². The summed E-state index contributed by atoms with van der Waals surface area (Å²) in [6.07, 6.45) is 0. The van der Waals surface area contributed by atoms with Gasteiger partial charge in [0.15, 0.2) is 6.04 Å². The maximum Gasteiger partial charge on any atom is 0.330 e. The van der Waals surface area contributed by atoms with Crippen LogP contribution in [0.2, 0.25) is 5.02 Å². The molecule has 0 saturated carbocycles. The van der Waals surface area contributed by atoms with Gasteiger partial charge in [0.2, 0.25) is 0 Å². The van der Waals surface area contributed by atoms with Crippen molar-refractivity contribution in [3.05, 3.63) is 62.8 Å². The number of carboxylic acids is 1. The second-order valence-electron chi connectivity index (χ2n) is 4.60. The number of hydrogen-bond donors (Lipinski definition) is 2. The van der Waals surface area contributed by atoms with Crippen molar-refractivity contribution in [3.8, 4) is 0 Å². The molecule has 0 amide bonds. The maximum atomic E-state index is 13.4. The largest absolute Gasteiger partial charge is 0.479 e. The summed E-state index contributed by atoms with van der Waals surface area (Å²) in [6.45, 7) is 1.74. The Morgan fingerprint density at radius 1 is 1.33 bits per heavy atom. The molecule has 0 spiro atoms. The van der Waals surface area contributed by atoms with Crippen LogP contribution in [0.3, 0.4) is 0 Å². The molecular weight excluding hydrogens is 361 g/mol. The molecule has 2 aromatic carbocycles. The first kappa shape index (κ1) is 15.8. The highest BCUT2D eigenvalue weighted by atomic mass is 79.9. The summed E-state index contributed by atoms with van der Waals surface area (Å²) in [6, 6.07) is 8.14. The van der Waals surface area contributed by atoms with Gasteiger partial charge in [0.1, 0.15) is 5.82 Å². The average Bonchev–Trinajstić information content (AvgIpc) is 2.37. The van der Waals surface area contributed by atoms with Gasteiger partial charge in [-0.3, -0.25) is 0 Å². The van der Waals surface area contributed by atoms with Gasteiger partial charge in [-0.05, 0) is 48.9 Å². The number of hydrogen-bond acceptors (Lipinski definition) is 2. The third-order valence-corrected chi connectivity index (χ3v) is 3.83. The third kappa shape index (κ3) is 3.95. The Balaban J connectivity index is 2.40. The highest BCUT2D eigenvalue weighted by Gasteiger charge is 2.22. The van der Waals surface area contributed by atoms with E-state index in [0.29, 0.717) is 26.3 Å². The van der Waals surface area contributed by atoms with E-state index in [1.807, 2.05) is 0 Å². The minimum Gasteiger partial charge on any atom is -0.479 e. The lowest BCUT2D eigenvalue weighted by Gasteiger charge is -2.18. The van der Waals surface area contributed by atoms with Gasteiger partial charge >= 0.3 is 5.97 Å². The van der Waals surface area contributed by atoms with Crippen molar-refractivity contribution in [2.24, 2.45) is 0 Å². The summed E-state index contributed by atoms with van der Waals surface area (Å²) in [5, 5.41) is 12.7. The van der Waals surface area contributed by atoms with E-state index in [2.05, 4.69) is 21.2 Å². The van der Waals surface area contributed by atoms with Crippen molar-refractivity contribution in [2.45, 2.75) is 13.0 Å². The van der Waals surface area contributed by atoms with E-state index in [9.17, 15) is 14.3 Å². The Morgan fingerprint density at radius 3 is 2.67 bits per heavy atom. The maximum absolute atomic E-state index is 13.4. The van der Waals surface area contributed by atoms with E-state index in [1.54, 1.807) is 31.2 Å². The number of benzene rings is 2. The molecule has 0 aromatic heterocycles. The minimum atomic E-state index is -1.08. The van der Waals surface area contributed by atoms with Gasteiger partial charge in [-0.2, -0.15) is 0 Å². The number of anilines is 1. The molecule has 0 fully saturated rings. The fourth-order valence-electron chi connectivity index (χ4n) is 1.99. The smallest absolute Gasteiger partial charge is 0.330 e. The number of aliphatic carboxylic acids is 1. The zero-order valence-corrected chi connectivity index (χ0v) is 13.4. The Labute approximate surface area is 134 Å². The highest BCUT2D eigenvalue weighted by Crippen LogP contribution is 2.30. The zero-order chi connectivity index (χ0) is 15.6. The molecule has 1 atom stereocenters. The molecule has 0 aliphatic heterocycles. The monoisotopic (exact) mass is 371 g/mol. The van der Waals surface area contributed by atoms with Crippen LogP contribution in [0.4, 0.5) is 10.1 Å². The number of nitrogens with one attached hydrogen (secondary N) is 1. The van der Waals surface area contributed by atoms with Crippen LogP contribution in [-0.4, -0.2) is 11.1 Å². The van der Waals surface area contributed by atoms with Gasteiger partial charge in [-0.15, -0.1) is 0 Å². The first-order valence-electron chi connectivity index (χ1n) is 6.08. The van der Waals surface area contributed by atoms with Crippen molar-refractivity contribution >= 4 is 39.2 Å². The second kappa shape index (κ2) is 6.45. The van der Waals surface area contributed by atoms with E-state index >= 15 is 0 Å². The predicted octanol–water partition coefficient (Wildman–Crippen LogP) is 4.79. The summed E-state index contributed by atoms with van der Waals surface area (Å²) in [4.78, 5) is 11.5. The standard InChI is InChI=1S/C15H12BrClFNO2/c1-8-4-10(18)7-11(5-8)19-14(15(20)21)12-6-9(17)2-3-13(12)16/h2-7,14,19H,1H3,(H,20,21). The quantitative estimate of drug-likeness (QED) is 0.811. The Bertz CT molecular complexity index is 673. The van der Waals surface area contributed by atoms with E-state index in [-0.39, 0.29) is 0 Å². The second-order valence-corrected chi connectivity index (χ2v) is 5.89. The number of halogens is 3. The van der Waals surface area contributed by atoms with Crippen LogP contribution in [0.25, 0.3) is 0 Å². The molecule has 2 rings (SSSR count). The fourth-order valence-corrected chi connectivity index (χ4v) is 2.65. The van der Waals surface area contributed by atoms with Gasteiger partial charge in [0.25, 0.3) is 0 Å². The topological polar surface area (TPSA) is 49.3 Å². The molecule has 110 valence electrons. The summed E-state index contributed by atoms with van der Waals surface area (Å²) < 4.78 is 14.0. The van der Waals surface area contributed by atoms with Crippen LogP contribution in [0.15, 0.2) is 40.9 Å². The Morgan fingerprint density at radius 2 is 2.05 bits per heavy atom. The molecule has 6 heteroatoms. The van der Waals surface area contributed by atoms with Crippen molar-refractivity contribution in [1.82, 2.24) is 0 Å². The molecule has 1 unspecified atom stereocenters. The van der Waals surface area contributed by atoms with Crippen LogP contribution in [0.5, 0.6) is 0 Å². The summed E-state index contributed by atoms with van der Waals surface area (Å²) in [5.41, 5.74) is 1.57. The van der Waals surface area contributed by atoms with Gasteiger partial charge in [0.05, 0.1) is 0 Å². The molecule has 0 bridgehead atoms. The van der Waals surface area contributed by atoms with Crippen LogP contribution < -0.4 is 5.32 Å². The van der Waals surface area contributed by atoms with Crippen LogP contribution >= 0.6 is 27.5 Å². The van der Waals surface area contributed by atoms with Crippen molar-refractivity contribution in [3.63, 3.8) is 0 Å². The van der Waals surface area contributed by atoms with Crippen molar-refractivity contribution < 1.29 is 14.3 Å². The van der Waals surface area contributed by atoms with E-state index in [0.717, 1.165) is 0 Å². The molecule has 21 heavy (non-hydrogen) atoms. The van der Waals surface area contributed by atoms with Crippen LogP contribution in [0.1, 0.15) is 17.2 Å². The number of carbonyl (C=O) groups is 1. The SMILES string of the molecule is Cc1cc(F)cc(NC(C(=O)O)c2cc(Cl)ccc2Br)c1. The summed E-state index contributed by atoms with van der Waals surface area (Å²) in [7, 11) is 0. The predicted molar refractivity (Wildman–Crippen MR) is 84.3 cm³/mol. The average molecular weight is 373 g/mol. The van der Waals surface area contributed by atoms with E-state index in [4.69, 9.17) is 11.6 Å². The normalized spacial score (nSPS) is 12.0. The van der Waals surface area contributed by atoms with Crippen molar-refractivity contribution in [2.75, 3.05) is 5.32 Å². The number of carboxylic acid groups (broad SMARTS) is 1. The first-order chi connectivity index (χ1) is 9.86. The lowest BCUT2D eigenvalue weighted by Crippen LogP contribution is -2.21. The van der Waals surface area contributed by atoms with Gasteiger partial charge in [-0.25, -0.2) is 9.18 Å². The lowest BCUT2D eigenvalue weighted by atomic mass is 10.1. The molecule has 0 heterocycles. The molecule has 0 aliphatic rings. The molecule has 0 aliphatic carbocycles. The molecule has 2 N–H and O–H groups in total. The van der Waals surface area contributed by atoms with Crippen LogP contribution in [-0.2, 0) is 4.79 Å². The molecule has 2 aromatic rings. The lowest BCUT2D eigenvalue weighted by molar-refractivity contribution is -0.138. The number of aryl methyl sites for hydroxylation is 1. The summed E-state index contributed by atoms with van der Waals surface area (Å²) in [5.74, 6) is -1.51. The van der Waals surface area contributed by atoms with Gasteiger partial charge in [0, 0.05) is 20.7 Å². The third-order valence-electron chi connectivity index (χ3n) is 2.87. The molecular formula is C15H12BrClFNO2.